The number of nitrogens with one attached hydrogen (secondary N) is 1. The van der Waals surface area contributed by atoms with Crippen molar-refractivity contribution in [3.05, 3.63) is 15.9 Å². The molecule has 0 bridgehead atoms. The number of hydrogen-bond acceptors (Lipinski definition) is 6. The lowest BCUT2D eigenvalue weighted by Crippen LogP contribution is -2.20. The summed E-state index contributed by atoms with van der Waals surface area (Å²) < 4.78 is 5.35. The molecule has 7 nitrogen and oxygen atoms in total. The Morgan fingerprint density at radius 3 is 2.38 bits per heavy atom. The molecule has 0 unspecified atom stereocenters. The second-order valence-corrected chi connectivity index (χ2v) is 6.26. The van der Waals surface area contributed by atoms with E-state index >= 15 is 0 Å². The van der Waals surface area contributed by atoms with Crippen LogP contribution in [0.25, 0.3) is 0 Å². The van der Waals surface area contributed by atoms with E-state index in [-0.39, 0.29) is 22.8 Å². The third-order valence-corrected chi connectivity index (χ3v) is 2.66. The Morgan fingerprint density at radius 2 is 1.95 bits per heavy atom. The maximum atomic E-state index is 11.3. The molecular formula is C14H24N4O3. The molecule has 0 saturated carbocycles. The number of nitro groups is 1. The average molecular weight is 296 g/mol. The Bertz CT molecular complexity index is 510. The smallest absolute Gasteiger partial charge is 0.372 e. The lowest BCUT2D eigenvalue weighted by atomic mass is 9.96. The first-order chi connectivity index (χ1) is 9.66. The quantitative estimate of drug-likeness (QED) is 0.640. The van der Waals surface area contributed by atoms with Gasteiger partial charge in [-0.25, -0.2) is 4.98 Å². The van der Waals surface area contributed by atoms with Crippen molar-refractivity contribution >= 4 is 11.5 Å². The van der Waals surface area contributed by atoms with E-state index in [1.54, 1.807) is 6.92 Å². The average Bonchev–Trinajstić information content (AvgIpc) is 2.34. The summed E-state index contributed by atoms with van der Waals surface area (Å²) in [4.78, 5) is 19.4. The van der Waals surface area contributed by atoms with E-state index in [0.717, 1.165) is 0 Å². The second kappa shape index (κ2) is 6.69. The van der Waals surface area contributed by atoms with Crippen molar-refractivity contribution in [3.63, 3.8) is 0 Å². The summed E-state index contributed by atoms with van der Waals surface area (Å²) in [6, 6.07) is 0. The second-order valence-electron chi connectivity index (χ2n) is 6.26. The maximum Gasteiger partial charge on any atom is 0.372 e. The van der Waals surface area contributed by atoms with E-state index in [1.807, 2.05) is 34.6 Å². The molecule has 0 amide bonds. The summed E-state index contributed by atoms with van der Waals surface area (Å²) in [5, 5.41) is 14.4. The molecule has 0 aliphatic heterocycles. The van der Waals surface area contributed by atoms with Crippen LogP contribution >= 0.6 is 0 Å². The largest absolute Gasteiger partial charge is 0.473 e. The van der Waals surface area contributed by atoms with Gasteiger partial charge >= 0.3 is 5.69 Å². The van der Waals surface area contributed by atoms with Crippen LogP contribution in [-0.4, -0.2) is 28.0 Å². The van der Waals surface area contributed by atoms with Gasteiger partial charge in [-0.2, -0.15) is 4.98 Å². The first-order valence-electron chi connectivity index (χ1n) is 7.10. The highest BCUT2D eigenvalue weighted by atomic mass is 16.6. The van der Waals surface area contributed by atoms with Gasteiger partial charge in [0.1, 0.15) is 5.82 Å². The van der Waals surface area contributed by atoms with Crippen LogP contribution in [-0.2, 0) is 5.41 Å². The van der Waals surface area contributed by atoms with Crippen LogP contribution in [0.1, 0.15) is 47.4 Å². The Kier molecular flexibility index (Phi) is 5.46. The van der Waals surface area contributed by atoms with Gasteiger partial charge in [0.25, 0.3) is 5.88 Å². The molecule has 1 rings (SSSR count). The molecule has 118 valence electrons. The molecule has 1 N–H and O–H groups in total. The summed E-state index contributed by atoms with van der Waals surface area (Å²) in [5.41, 5.74) is -0.527. The van der Waals surface area contributed by atoms with Crippen molar-refractivity contribution < 1.29 is 9.66 Å². The summed E-state index contributed by atoms with van der Waals surface area (Å²) in [6.07, 6.45) is 0. The molecule has 0 radical (unpaired) electrons. The van der Waals surface area contributed by atoms with Crippen molar-refractivity contribution in [1.82, 2.24) is 9.97 Å². The predicted molar refractivity (Wildman–Crippen MR) is 81.9 cm³/mol. The van der Waals surface area contributed by atoms with E-state index in [9.17, 15) is 10.1 Å². The Balaban J connectivity index is 3.40. The van der Waals surface area contributed by atoms with Crippen LogP contribution in [0.2, 0.25) is 0 Å². The SMILES string of the molecule is CCOc1nc(C(C)(C)C)nc(NCC(C)C)c1[N+](=O)[O-]. The molecule has 1 aromatic rings. The van der Waals surface area contributed by atoms with Crippen LogP contribution in [0.3, 0.4) is 0 Å². The highest BCUT2D eigenvalue weighted by molar-refractivity contribution is 5.62. The zero-order valence-corrected chi connectivity index (χ0v) is 13.6. The van der Waals surface area contributed by atoms with Gasteiger partial charge in [-0.05, 0) is 12.8 Å². The normalized spacial score (nSPS) is 11.6. The van der Waals surface area contributed by atoms with E-state index in [1.165, 1.54) is 0 Å². The molecule has 0 spiro atoms. The Morgan fingerprint density at radius 1 is 1.33 bits per heavy atom. The van der Waals surface area contributed by atoms with Gasteiger partial charge in [0.15, 0.2) is 0 Å². The summed E-state index contributed by atoms with van der Waals surface area (Å²) >= 11 is 0. The molecule has 21 heavy (non-hydrogen) atoms. The van der Waals surface area contributed by atoms with Crippen LogP contribution < -0.4 is 10.1 Å². The van der Waals surface area contributed by atoms with Crippen LogP contribution in [0.4, 0.5) is 11.5 Å². The summed E-state index contributed by atoms with van der Waals surface area (Å²) in [6.45, 7) is 12.6. The Labute approximate surface area is 125 Å². The maximum absolute atomic E-state index is 11.3. The van der Waals surface area contributed by atoms with Crippen molar-refractivity contribution in [2.75, 3.05) is 18.5 Å². The molecule has 1 aromatic heterocycles. The van der Waals surface area contributed by atoms with E-state index in [2.05, 4.69) is 15.3 Å². The van der Waals surface area contributed by atoms with Gasteiger partial charge in [-0.1, -0.05) is 34.6 Å². The topological polar surface area (TPSA) is 90.2 Å². The molecule has 0 aliphatic carbocycles. The minimum absolute atomic E-state index is 0.0219. The minimum Gasteiger partial charge on any atom is -0.473 e. The summed E-state index contributed by atoms with van der Waals surface area (Å²) in [7, 11) is 0. The van der Waals surface area contributed by atoms with Gasteiger partial charge in [-0.15, -0.1) is 0 Å². The van der Waals surface area contributed by atoms with Crippen molar-refractivity contribution in [1.29, 1.82) is 0 Å². The van der Waals surface area contributed by atoms with Crippen molar-refractivity contribution in [2.24, 2.45) is 5.92 Å². The fourth-order valence-corrected chi connectivity index (χ4v) is 1.60. The van der Waals surface area contributed by atoms with Gasteiger partial charge in [0.05, 0.1) is 11.5 Å². The lowest BCUT2D eigenvalue weighted by molar-refractivity contribution is -0.385. The van der Waals surface area contributed by atoms with Crippen LogP contribution in [0.15, 0.2) is 0 Å². The molecule has 0 fully saturated rings. The van der Waals surface area contributed by atoms with Crippen molar-refractivity contribution in [3.8, 4) is 5.88 Å². The highest BCUT2D eigenvalue weighted by Gasteiger charge is 2.29. The van der Waals surface area contributed by atoms with Crippen molar-refractivity contribution in [2.45, 2.75) is 47.0 Å². The minimum atomic E-state index is -0.500. The van der Waals surface area contributed by atoms with E-state index < -0.39 is 4.92 Å². The number of rotatable bonds is 6. The standard InChI is InChI=1S/C14H24N4O3/c1-7-21-12-10(18(19)20)11(15-8-9(2)3)16-13(17-12)14(4,5)6/h9H,7-8H2,1-6H3,(H,15,16,17). The van der Waals surface area contributed by atoms with Gasteiger partial charge in [0.2, 0.25) is 5.82 Å². The molecule has 1 heterocycles. The molecule has 0 saturated heterocycles. The van der Waals surface area contributed by atoms with E-state index in [0.29, 0.717) is 24.9 Å². The highest BCUT2D eigenvalue weighted by Crippen LogP contribution is 2.34. The zero-order valence-electron chi connectivity index (χ0n) is 13.6. The third-order valence-electron chi connectivity index (χ3n) is 2.66. The number of nitrogens with zero attached hydrogens (tertiary/aromatic N) is 3. The predicted octanol–water partition coefficient (Wildman–Crippen LogP) is 3.15. The fourth-order valence-electron chi connectivity index (χ4n) is 1.60. The van der Waals surface area contributed by atoms with Gasteiger partial charge in [-0.3, -0.25) is 10.1 Å². The van der Waals surface area contributed by atoms with Gasteiger partial charge in [0, 0.05) is 12.0 Å². The fraction of sp³-hybridized carbons (Fsp3) is 0.714. The van der Waals surface area contributed by atoms with Crippen LogP contribution in [0, 0.1) is 16.0 Å². The monoisotopic (exact) mass is 296 g/mol. The molecular weight excluding hydrogens is 272 g/mol. The van der Waals surface area contributed by atoms with Gasteiger partial charge < -0.3 is 10.1 Å². The number of hydrogen-bond donors (Lipinski definition) is 1. The zero-order chi connectivity index (χ0) is 16.2. The number of aromatic nitrogens is 2. The molecule has 7 heteroatoms. The Hall–Kier alpha value is -1.92. The third kappa shape index (κ3) is 4.54. The molecule has 0 aromatic carbocycles. The first kappa shape index (κ1) is 17.1. The number of ether oxygens (including phenoxy) is 1. The molecule has 0 aliphatic rings. The van der Waals surface area contributed by atoms with E-state index in [4.69, 9.17) is 4.74 Å². The summed E-state index contributed by atoms with van der Waals surface area (Å²) in [5.74, 6) is 1.10. The first-order valence-corrected chi connectivity index (χ1v) is 7.10. The van der Waals surface area contributed by atoms with Crippen LogP contribution in [0.5, 0.6) is 5.88 Å². The molecule has 0 atom stereocenters. The number of anilines is 1. The lowest BCUT2D eigenvalue weighted by Gasteiger charge is -2.19.